The number of rotatable bonds is 2. The third kappa shape index (κ3) is 4.54. The van der Waals surface area contributed by atoms with Gasteiger partial charge in [-0.25, -0.2) is 0 Å². The van der Waals surface area contributed by atoms with Crippen LogP contribution >= 0.6 is 0 Å². The molecule has 11 heteroatoms. The monoisotopic (exact) mass is 420 g/mol. The summed E-state index contributed by atoms with van der Waals surface area (Å²) in [6.45, 7) is 0.0541. The number of alkyl halides is 6. The molecule has 2 amide bonds. The zero-order valence-electron chi connectivity index (χ0n) is 14.7. The first-order chi connectivity index (χ1) is 13.5. The van der Waals surface area contributed by atoms with E-state index >= 15 is 0 Å². The number of carbonyl (C=O) groups is 2. The average molecular weight is 420 g/mol. The van der Waals surface area contributed by atoms with Crippen molar-refractivity contribution in [2.24, 2.45) is 0 Å². The van der Waals surface area contributed by atoms with E-state index < -0.39 is 40.9 Å². The Kier molecular flexibility index (Phi) is 5.33. The van der Waals surface area contributed by atoms with E-state index in [0.29, 0.717) is 12.1 Å². The first kappa shape index (κ1) is 20.7. The maximum Gasteiger partial charge on any atom is 0.416 e. The summed E-state index contributed by atoms with van der Waals surface area (Å²) in [5, 5.41) is 0. The highest BCUT2D eigenvalue weighted by Gasteiger charge is 2.38. The average Bonchev–Trinajstić information content (AvgIpc) is 3.20. The van der Waals surface area contributed by atoms with Crippen molar-refractivity contribution in [2.75, 3.05) is 26.2 Å². The lowest BCUT2D eigenvalue weighted by molar-refractivity contribution is -0.143. The minimum atomic E-state index is -5.04. The minimum Gasteiger partial charge on any atom is -0.459 e. The molecule has 0 saturated carbocycles. The zero-order valence-corrected chi connectivity index (χ0v) is 14.7. The zero-order chi connectivity index (χ0) is 21.4. The van der Waals surface area contributed by atoms with E-state index in [0.717, 1.165) is 4.90 Å². The van der Waals surface area contributed by atoms with Gasteiger partial charge in [0, 0.05) is 31.7 Å². The number of furan rings is 1. The Labute approximate surface area is 160 Å². The molecule has 29 heavy (non-hydrogen) atoms. The summed E-state index contributed by atoms with van der Waals surface area (Å²) in [7, 11) is 0. The molecule has 3 rings (SSSR count). The first-order valence-electron chi connectivity index (χ1n) is 8.38. The lowest BCUT2D eigenvalue weighted by Crippen LogP contribution is -2.50. The standard InChI is InChI=1S/C18H14F6N2O3/c19-17(20,21)12-8-11(9-13(10-12)18(22,23)24)15(27)25-3-5-26(6-4-25)16(28)14-2-1-7-29-14/h1-2,7-10H,3-6H2. The molecule has 0 radical (unpaired) electrons. The largest absolute Gasteiger partial charge is 0.459 e. The van der Waals surface area contributed by atoms with Crippen LogP contribution in [0.5, 0.6) is 0 Å². The quantitative estimate of drug-likeness (QED) is 0.693. The molecule has 0 atom stereocenters. The van der Waals surface area contributed by atoms with E-state index in [9.17, 15) is 35.9 Å². The maximum atomic E-state index is 13.0. The van der Waals surface area contributed by atoms with E-state index in [4.69, 9.17) is 4.42 Å². The summed E-state index contributed by atoms with van der Waals surface area (Å²) in [6, 6.07) is 3.76. The van der Waals surface area contributed by atoms with Gasteiger partial charge in [-0.15, -0.1) is 0 Å². The molecule has 0 N–H and O–H groups in total. The number of benzene rings is 1. The van der Waals surface area contributed by atoms with Crippen LogP contribution in [0.4, 0.5) is 26.3 Å². The van der Waals surface area contributed by atoms with Crippen LogP contribution in [0.3, 0.4) is 0 Å². The molecule has 2 aromatic rings. The van der Waals surface area contributed by atoms with Crippen LogP contribution in [0.2, 0.25) is 0 Å². The first-order valence-corrected chi connectivity index (χ1v) is 8.38. The number of piperazine rings is 1. The third-order valence-corrected chi connectivity index (χ3v) is 4.42. The molecule has 0 spiro atoms. The van der Waals surface area contributed by atoms with Crippen molar-refractivity contribution >= 4 is 11.8 Å². The van der Waals surface area contributed by atoms with Crippen molar-refractivity contribution in [1.29, 1.82) is 0 Å². The second kappa shape index (κ2) is 7.45. The molecule has 2 heterocycles. The van der Waals surface area contributed by atoms with Crippen molar-refractivity contribution in [2.45, 2.75) is 12.4 Å². The number of hydrogen-bond donors (Lipinski definition) is 0. The summed E-state index contributed by atoms with van der Waals surface area (Å²) in [5.41, 5.74) is -3.82. The van der Waals surface area contributed by atoms with Crippen molar-refractivity contribution < 1.29 is 40.3 Å². The highest BCUT2D eigenvalue weighted by Crippen LogP contribution is 2.36. The van der Waals surface area contributed by atoms with Gasteiger partial charge < -0.3 is 14.2 Å². The van der Waals surface area contributed by atoms with E-state index in [1.807, 2.05) is 0 Å². The normalized spacial score (nSPS) is 15.5. The third-order valence-electron chi connectivity index (χ3n) is 4.42. The van der Waals surface area contributed by atoms with Gasteiger partial charge in [-0.2, -0.15) is 26.3 Å². The van der Waals surface area contributed by atoms with E-state index in [1.165, 1.54) is 23.3 Å². The summed E-state index contributed by atoms with van der Waals surface area (Å²) in [6.07, 6.45) is -8.76. The van der Waals surface area contributed by atoms with Gasteiger partial charge in [0.25, 0.3) is 11.8 Å². The van der Waals surface area contributed by atoms with Crippen LogP contribution in [0.1, 0.15) is 32.0 Å². The predicted octanol–water partition coefficient (Wildman–Crippen LogP) is 3.92. The van der Waals surface area contributed by atoms with Crippen LogP contribution in [0.15, 0.2) is 41.0 Å². The number of hydrogen-bond acceptors (Lipinski definition) is 3. The molecule has 1 aromatic carbocycles. The highest BCUT2D eigenvalue weighted by atomic mass is 19.4. The van der Waals surface area contributed by atoms with Gasteiger partial charge >= 0.3 is 12.4 Å². The topological polar surface area (TPSA) is 53.8 Å². The summed E-state index contributed by atoms with van der Waals surface area (Å²) in [5.74, 6) is -1.29. The lowest BCUT2D eigenvalue weighted by Gasteiger charge is -2.34. The molecule has 1 aromatic heterocycles. The van der Waals surface area contributed by atoms with Gasteiger partial charge in [-0.1, -0.05) is 0 Å². The van der Waals surface area contributed by atoms with Gasteiger partial charge in [0.2, 0.25) is 0 Å². The molecule has 0 aliphatic carbocycles. The summed E-state index contributed by atoms with van der Waals surface area (Å²) in [4.78, 5) is 27.2. The Morgan fingerprint density at radius 3 is 1.69 bits per heavy atom. The Bertz CT molecular complexity index is 865. The second-order valence-corrected chi connectivity index (χ2v) is 6.36. The van der Waals surface area contributed by atoms with E-state index in [2.05, 4.69) is 0 Å². The molecular formula is C18H14F6N2O3. The van der Waals surface area contributed by atoms with Crippen LogP contribution in [0, 0.1) is 0 Å². The second-order valence-electron chi connectivity index (χ2n) is 6.36. The Hall–Kier alpha value is -2.98. The van der Waals surface area contributed by atoms with Gasteiger partial charge in [-0.05, 0) is 30.3 Å². The smallest absolute Gasteiger partial charge is 0.416 e. The van der Waals surface area contributed by atoms with Gasteiger partial charge in [0.05, 0.1) is 17.4 Å². The lowest BCUT2D eigenvalue weighted by atomic mass is 10.0. The van der Waals surface area contributed by atoms with E-state index in [1.54, 1.807) is 0 Å². The molecular weight excluding hydrogens is 406 g/mol. The highest BCUT2D eigenvalue weighted by molar-refractivity contribution is 5.95. The van der Waals surface area contributed by atoms with Crippen LogP contribution in [0.25, 0.3) is 0 Å². The number of halogens is 6. The fourth-order valence-corrected chi connectivity index (χ4v) is 2.93. The van der Waals surface area contributed by atoms with Crippen LogP contribution in [-0.2, 0) is 12.4 Å². The molecule has 0 unspecified atom stereocenters. The SMILES string of the molecule is O=C(c1cc(C(F)(F)F)cc(C(F)(F)F)c1)N1CCN(C(=O)c2ccco2)CC1. The van der Waals surface area contributed by atoms with Crippen molar-refractivity contribution in [1.82, 2.24) is 9.80 Å². The fraction of sp³-hybridized carbons (Fsp3) is 0.333. The molecule has 1 aliphatic rings. The summed E-state index contributed by atoms with van der Waals surface area (Å²) < 4.78 is 82.8. The number of nitrogens with zero attached hydrogens (tertiary/aromatic N) is 2. The molecule has 156 valence electrons. The van der Waals surface area contributed by atoms with Gasteiger partial charge in [0.1, 0.15) is 0 Å². The Morgan fingerprint density at radius 2 is 1.28 bits per heavy atom. The molecule has 1 aliphatic heterocycles. The predicted molar refractivity (Wildman–Crippen MR) is 87.0 cm³/mol. The molecule has 1 fully saturated rings. The minimum absolute atomic E-state index is 0.0310. The van der Waals surface area contributed by atoms with Crippen molar-refractivity contribution in [3.63, 3.8) is 0 Å². The van der Waals surface area contributed by atoms with Crippen molar-refractivity contribution in [3.8, 4) is 0 Å². The summed E-state index contributed by atoms with van der Waals surface area (Å²) >= 11 is 0. The molecule has 1 saturated heterocycles. The van der Waals surface area contributed by atoms with Crippen LogP contribution in [-0.4, -0.2) is 47.8 Å². The number of amides is 2. The van der Waals surface area contributed by atoms with Crippen LogP contribution < -0.4 is 0 Å². The van der Waals surface area contributed by atoms with Gasteiger partial charge in [-0.3, -0.25) is 9.59 Å². The Morgan fingerprint density at radius 1 is 0.793 bits per heavy atom. The van der Waals surface area contributed by atoms with Crippen molar-refractivity contribution in [3.05, 3.63) is 59.0 Å². The Balaban J connectivity index is 1.78. The maximum absolute atomic E-state index is 13.0. The molecule has 0 bridgehead atoms. The number of carbonyl (C=O) groups excluding carboxylic acids is 2. The fourth-order valence-electron chi connectivity index (χ4n) is 2.93. The van der Waals surface area contributed by atoms with Gasteiger partial charge in [0.15, 0.2) is 5.76 Å². The molecule has 5 nitrogen and oxygen atoms in total. The van der Waals surface area contributed by atoms with E-state index in [-0.39, 0.29) is 38.0 Å².